The Morgan fingerprint density at radius 1 is 1.56 bits per heavy atom. The molecule has 0 radical (unpaired) electrons. The lowest BCUT2D eigenvalue weighted by Gasteiger charge is -1.99. The van der Waals surface area contributed by atoms with Crippen LogP contribution in [-0.2, 0) is 6.42 Å². The number of carbonyl (C=O) groups is 1. The number of hydrogen-bond donors (Lipinski definition) is 1. The highest BCUT2D eigenvalue weighted by atomic mass is 79.9. The highest BCUT2D eigenvalue weighted by Crippen LogP contribution is 2.33. The lowest BCUT2D eigenvalue weighted by Crippen LogP contribution is -1.97. The summed E-state index contributed by atoms with van der Waals surface area (Å²) in [5.41, 5.74) is 1.10. The summed E-state index contributed by atoms with van der Waals surface area (Å²) in [5.74, 6) is -1.37. The SMILES string of the molecule is CCc1nc(-c2cc(F)ccc2Br)sc1C(=O)O. The molecule has 0 bridgehead atoms. The van der Waals surface area contributed by atoms with Crippen molar-refractivity contribution in [2.45, 2.75) is 13.3 Å². The van der Waals surface area contributed by atoms with E-state index in [1.807, 2.05) is 6.92 Å². The smallest absolute Gasteiger partial charge is 0.347 e. The maximum atomic E-state index is 13.2. The zero-order chi connectivity index (χ0) is 13.3. The van der Waals surface area contributed by atoms with E-state index in [2.05, 4.69) is 20.9 Å². The molecule has 0 saturated carbocycles. The van der Waals surface area contributed by atoms with E-state index in [9.17, 15) is 9.18 Å². The summed E-state index contributed by atoms with van der Waals surface area (Å²) in [7, 11) is 0. The van der Waals surface area contributed by atoms with Crippen molar-refractivity contribution in [3.8, 4) is 10.6 Å². The fourth-order valence-corrected chi connectivity index (χ4v) is 3.12. The van der Waals surface area contributed by atoms with Crippen LogP contribution >= 0.6 is 27.3 Å². The molecule has 1 heterocycles. The van der Waals surface area contributed by atoms with Crippen LogP contribution in [0.1, 0.15) is 22.3 Å². The number of carboxylic acids is 1. The molecule has 0 aliphatic rings. The van der Waals surface area contributed by atoms with Crippen LogP contribution in [-0.4, -0.2) is 16.1 Å². The molecule has 0 spiro atoms. The third-order valence-electron chi connectivity index (χ3n) is 2.39. The predicted molar refractivity (Wildman–Crippen MR) is 71.5 cm³/mol. The van der Waals surface area contributed by atoms with Crippen molar-refractivity contribution in [3.63, 3.8) is 0 Å². The lowest BCUT2D eigenvalue weighted by molar-refractivity contribution is 0.0701. The maximum absolute atomic E-state index is 13.2. The number of benzene rings is 1. The maximum Gasteiger partial charge on any atom is 0.347 e. The number of aromatic nitrogens is 1. The second-order valence-electron chi connectivity index (χ2n) is 3.58. The molecule has 1 aromatic heterocycles. The Bertz CT molecular complexity index is 612. The molecule has 0 saturated heterocycles. The molecule has 0 aliphatic carbocycles. The minimum Gasteiger partial charge on any atom is -0.477 e. The van der Waals surface area contributed by atoms with Crippen LogP contribution in [0.3, 0.4) is 0 Å². The summed E-state index contributed by atoms with van der Waals surface area (Å²) >= 11 is 4.37. The molecule has 0 aliphatic heterocycles. The van der Waals surface area contributed by atoms with Crippen LogP contribution in [0.4, 0.5) is 4.39 Å². The number of nitrogens with zero attached hydrogens (tertiary/aromatic N) is 1. The molecule has 0 amide bonds. The highest BCUT2D eigenvalue weighted by molar-refractivity contribution is 9.10. The number of aryl methyl sites for hydroxylation is 1. The number of carboxylic acid groups (broad SMARTS) is 1. The Kier molecular flexibility index (Phi) is 3.77. The number of halogens is 2. The molecule has 0 atom stereocenters. The van der Waals surface area contributed by atoms with E-state index in [1.165, 1.54) is 12.1 Å². The highest BCUT2D eigenvalue weighted by Gasteiger charge is 2.18. The minimum atomic E-state index is -0.997. The largest absolute Gasteiger partial charge is 0.477 e. The molecular weight excluding hydrogens is 321 g/mol. The van der Waals surface area contributed by atoms with E-state index >= 15 is 0 Å². The van der Waals surface area contributed by atoms with Crippen LogP contribution in [0.15, 0.2) is 22.7 Å². The van der Waals surface area contributed by atoms with Crippen LogP contribution in [0, 0.1) is 5.82 Å². The van der Waals surface area contributed by atoms with Gasteiger partial charge in [0.05, 0.1) is 5.69 Å². The fraction of sp³-hybridized carbons (Fsp3) is 0.167. The Morgan fingerprint density at radius 3 is 2.83 bits per heavy atom. The van der Waals surface area contributed by atoms with Crippen molar-refractivity contribution >= 4 is 33.2 Å². The lowest BCUT2D eigenvalue weighted by atomic mass is 10.2. The first-order valence-corrected chi connectivity index (χ1v) is 6.82. The number of hydrogen-bond acceptors (Lipinski definition) is 3. The van der Waals surface area contributed by atoms with Gasteiger partial charge in [0.2, 0.25) is 0 Å². The summed E-state index contributed by atoms with van der Waals surface area (Å²) < 4.78 is 13.9. The van der Waals surface area contributed by atoms with Gasteiger partial charge in [-0.2, -0.15) is 0 Å². The molecule has 1 aromatic carbocycles. The van der Waals surface area contributed by atoms with E-state index < -0.39 is 5.97 Å². The van der Waals surface area contributed by atoms with Crippen LogP contribution in [0.2, 0.25) is 0 Å². The zero-order valence-corrected chi connectivity index (χ0v) is 11.8. The second-order valence-corrected chi connectivity index (χ2v) is 5.43. The molecule has 0 unspecified atom stereocenters. The normalized spacial score (nSPS) is 10.6. The molecule has 94 valence electrons. The van der Waals surface area contributed by atoms with Crippen molar-refractivity contribution < 1.29 is 14.3 Å². The summed E-state index contributed by atoms with van der Waals surface area (Å²) in [6.45, 7) is 1.84. The standard InChI is InChI=1S/C12H9BrFNO2S/c1-2-9-10(12(16)17)18-11(15-9)7-5-6(14)3-4-8(7)13/h3-5H,2H2,1H3,(H,16,17). The third-order valence-corrected chi connectivity index (χ3v) is 4.20. The van der Waals surface area contributed by atoms with Gasteiger partial charge in [-0.1, -0.05) is 22.9 Å². The van der Waals surface area contributed by atoms with E-state index in [1.54, 1.807) is 6.07 Å². The summed E-state index contributed by atoms with van der Waals surface area (Å²) in [4.78, 5) is 15.5. The van der Waals surface area contributed by atoms with E-state index in [0.717, 1.165) is 11.3 Å². The Hall–Kier alpha value is -1.27. The molecule has 6 heteroatoms. The molecule has 3 nitrogen and oxygen atoms in total. The summed E-state index contributed by atoms with van der Waals surface area (Å²) in [6.07, 6.45) is 0.533. The quantitative estimate of drug-likeness (QED) is 0.926. The second kappa shape index (κ2) is 5.16. The third kappa shape index (κ3) is 2.44. The minimum absolute atomic E-state index is 0.212. The molecule has 1 N–H and O–H groups in total. The van der Waals surface area contributed by atoms with Gasteiger partial charge >= 0.3 is 5.97 Å². The number of aromatic carboxylic acids is 1. The first kappa shape index (κ1) is 13.2. The number of thiazole rings is 1. The average Bonchev–Trinajstić information content (AvgIpc) is 2.76. The van der Waals surface area contributed by atoms with Crippen LogP contribution in [0.25, 0.3) is 10.6 Å². The molecular formula is C12H9BrFNO2S. The van der Waals surface area contributed by atoms with E-state index in [0.29, 0.717) is 27.2 Å². The number of rotatable bonds is 3. The van der Waals surface area contributed by atoms with Crippen molar-refractivity contribution in [1.82, 2.24) is 4.98 Å². The van der Waals surface area contributed by atoms with Gasteiger partial charge in [-0.25, -0.2) is 14.2 Å². The topological polar surface area (TPSA) is 50.2 Å². The van der Waals surface area contributed by atoms with Gasteiger partial charge in [0, 0.05) is 10.0 Å². The van der Waals surface area contributed by atoms with E-state index in [-0.39, 0.29) is 10.7 Å². The van der Waals surface area contributed by atoms with Crippen LogP contribution < -0.4 is 0 Å². The van der Waals surface area contributed by atoms with Gasteiger partial charge in [-0.05, 0) is 24.6 Å². The molecule has 2 rings (SSSR count). The van der Waals surface area contributed by atoms with Gasteiger partial charge < -0.3 is 5.11 Å². The molecule has 18 heavy (non-hydrogen) atoms. The summed E-state index contributed by atoms with van der Waals surface area (Å²) in [5, 5.41) is 9.58. The molecule has 0 fully saturated rings. The van der Waals surface area contributed by atoms with Gasteiger partial charge in [0.1, 0.15) is 15.7 Å². The van der Waals surface area contributed by atoms with E-state index in [4.69, 9.17) is 5.11 Å². The zero-order valence-electron chi connectivity index (χ0n) is 9.41. The predicted octanol–water partition coefficient (Wildman–Crippen LogP) is 3.97. The first-order valence-electron chi connectivity index (χ1n) is 5.21. The van der Waals surface area contributed by atoms with Gasteiger partial charge in [0.25, 0.3) is 0 Å². The van der Waals surface area contributed by atoms with Crippen molar-refractivity contribution in [3.05, 3.63) is 39.1 Å². The fourth-order valence-electron chi connectivity index (χ4n) is 1.54. The molecule has 2 aromatic rings. The van der Waals surface area contributed by atoms with Gasteiger partial charge in [-0.15, -0.1) is 11.3 Å². The Balaban J connectivity index is 2.57. The van der Waals surface area contributed by atoms with Crippen molar-refractivity contribution in [2.24, 2.45) is 0 Å². The monoisotopic (exact) mass is 329 g/mol. The van der Waals surface area contributed by atoms with Gasteiger partial charge in [0.15, 0.2) is 0 Å². The van der Waals surface area contributed by atoms with Crippen LogP contribution in [0.5, 0.6) is 0 Å². The van der Waals surface area contributed by atoms with Gasteiger partial charge in [-0.3, -0.25) is 0 Å². The van der Waals surface area contributed by atoms with Crippen molar-refractivity contribution in [2.75, 3.05) is 0 Å². The Morgan fingerprint density at radius 2 is 2.28 bits per heavy atom. The first-order chi connectivity index (χ1) is 8.52. The van der Waals surface area contributed by atoms with Crippen molar-refractivity contribution in [1.29, 1.82) is 0 Å². The summed E-state index contributed by atoms with van der Waals surface area (Å²) in [6, 6.07) is 4.26. The average molecular weight is 330 g/mol. The Labute approximate surface area is 115 Å².